The van der Waals surface area contributed by atoms with Gasteiger partial charge in [-0.05, 0) is 0 Å². The molecule has 0 rings (SSSR count). The molecule has 0 aromatic heterocycles. The molecular formula is HAlCuO5TiZn. The summed E-state index contributed by atoms with van der Waals surface area (Å²) >= 11 is 1.67. The van der Waals surface area contributed by atoms with Gasteiger partial charge in [-0.2, -0.15) is 0 Å². The molecule has 0 unspecified atom stereocenters. The Morgan fingerprint density at radius 2 is 1.11 bits per heavy atom. The summed E-state index contributed by atoms with van der Waals surface area (Å²) in [6.45, 7) is 0. The summed E-state index contributed by atoms with van der Waals surface area (Å²) in [4.78, 5) is 0. The minimum atomic E-state index is -2.00. The molecule has 9 heteroatoms. The second kappa shape index (κ2) is 116. The molecule has 0 amide bonds. The third-order valence-corrected chi connectivity index (χ3v) is 0. The summed E-state index contributed by atoms with van der Waals surface area (Å²) in [5, 5.41) is 0. The van der Waals surface area contributed by atoms with Gasteiger partial charge in [0.15, 0.2) is 0 Å². The van der Waals surface area contributed by atoms with E-state index in [0.717, 1.165) is 0 Å². The predicted molar refractivity (Wildman–Crippen MR) is 10.6 cm³/mol. The number of hydrogen-bond acceptors (Lipinski definition) is 5. The Morgan fingerprint density at radius 1 is 1.11 bits per heavy atom. The third kappa shape index (κ3) is 266. The normalized spacial score (nSPS) is 2.56. The summed E-state index contributed by atoms with van der Waals surface area (Å²) < 4.78 is 41.5. The predicted octanol–water partition coefficient (Wildman–Crippen LogP) is -1.25. The van der Waals surface area contributed by atoms with Crippen LogP contribution in [0.1, 0.15) is 0 Å². The molecule has 0 aliphatic heterocycles. The first-order valence-electron chi connectivity index (χ1n) is 1.11. The Labute approximate surface area is 86.5 Å². The van der Waals surface area contributed by atoms with Crippen molar-refractivity contribution >= 4 is 16.2 Å². The third-order valence-electron chi connectivity index (χ3n) is 0. The van der Waals surface area contributed by atoms with Crippen LogP contribution in [0.15, 0.2) is 0 Å². The molecule has 0 aromatic carbocycles. The molecule has 0 spiro atoms. The van der Waals surface area contributed by atoms with Gasteiger partial charge in [0, 0.05) is 0 Å². The molecule has 0 saturated heterocycles. The molecular weight excluding hydrogens is 284 g/mol. The Morgan fingerprint density at radius 3 is 1.11 bits per heavy atom. The number of hydrogen-bond donors (Lipinski definition) is 0. The van der Waals surface area contributed by atoms with Crippen molar-refractivity contribution in [2.24, 2.45) is 0 Å². The van der Waals surface area contributed by atoms with Gasteiger partial charge in [-0.25, -0.2) is 0 Å². The van der Waals surface area contributed by atoms with Crippen LogP contribution in [0.25, 0.3) is 0 Å². The van der Waals surface area contributed by atoms with Crippen molar-refractivity contribution in [2.75, 3.05) is 0 Å². The van der Waals surface area contributed by atoms with E-state index in [9.17, 15) is 0 Å². The van der Waals surface area contributed by atoms with Crippen molar-refractivity contribution in [3.63, 3.8) is 0 Å². The van der Waals surface area contributed by atoms with Crippen molar-refractivity contribution in [2.45, 2.75) is 0 Å². The zero-order chi connectivity index (χ0) is 8.71. The molecule has 0 atom stereocenters. The van der Waals surface area contributed by atoms with E-state index >= 15 is 0 Å². The molecule has 0 aliphatic rings. The Bertz CT molecular complexity index is 59.2. The van der Waals surface area contributed by atoms with E-state index in [0.29, 0.717) is 16.2 Å². The first-order valence-corrected chi connectivity index (χ1v) is 4.56. The summed E-state index contributed by atoms with van der Waals surface area (Å²) in [6, 6.07) is 0. The summed E-state index contributed by atoms with van der Waals surface area (Å²) in [7, 11) is 0. The van der Waals surface area contributed by atoms with Crippen LogP contribution in [0.3, 0.4) is 0 Å². The SMILES string of the molecule is [O]=[AlH].[O]=[Cu].[O]=[Ti]=[O].[O]=[Zn]. The monoisotopic (exact) mass is 283 g/mol. The van der Waals surface area contributed by atoms with Crippen LogP contribution in [0, 0.1) is 0 Å². The first kappa shape index (κ1) is 22.4. The topological polar surface area (TPSA) is 85.3 Å². The van der Waals surface area contributed by atoms with Crippen molar-refractivity contribution in [1.82, 2.24) is 0 Å². The van der Waals surface area contributed by atoms with E-state index in [2.05, 4.69) is 15.9 Å². The van der Waals surface area contributed by atoms with Crippen LogP contribution >= 0.6 is 0 Å². The van der Waals surface area contributed by atoms with Gasteiger partial charge in [0.2, 0.25) is 0 Å². The Kier molecular flexibility index (Phi) is 289. The van der Waals surface area contributed by atoms with Crippen LogP contribution in [-0.4, -0.2) is 16.2 Å². The summed E-state index contributed by atoms with van der Waals surface area (Å²) in [5.74, 6) is 0. The van der Waals surface area contributed by atoms with Gasteiger partial charge in [-0.15, -0.1) is 0 Å². The average Bonchev–Trinajstić information content (AvgIpc) is 2.01. The fraction of sp³-hybridized carbons (Fsp3) is 0. The molecule has 0 saturated carbocycles. The Balaban J connectivity index is -0.0000000190. The van der Waals surface area contributed by atoms with E-state index in [1.165, 1.54) is 0 Å². The van der Waals surface area contributed by atoms with Gasteiger partial charge in [-0.3, -0.25) is 0 Å². The standard InChI is InChI=1S/Al.Cu.5O.Ti.Zn.H. The van der Waals surface area contributed by atoms with Crippen molar-refractivity contribution < 1.29 is 71.1 Å². The second-order valence-corrected chi connectivity index (χ2v) is 0.344. The minimum absolute atomic E-state index is 0.125. The van der Waals surface area contributed by atoms with E-state index in [-0.39, 0.29) is 18.3 Å². The van der Waals surface area contributed by atoms with Crippen LogP contribution in [0.5, 0.6) is 0 Å². The number of rotatable bonds is 0. The first-order chi connectivity index (χ1) is 4.41. The summed E-state index contributed by atoms with van der Waals surface area (Å²) in [6.07, 6.45) is 0. The molecule has 9 heavy (non-hydrogen) atoms. The van der Waals surface area contributed by atoms with Crippen molar-refractivity contribution in [1.29, 1.82) is 0 Å². The molecule has 0 heterocycles. The van der Waals surface area contributed by atoms with E-state index in [4.69, 9.17) is 17.9 Å². The maximum absolute atomic E-state index is 8.50. The van der Waals surface area contributed by atoms with Crippen LogP contribution in [-0.2, 0) is 71.1 Å². The van der Waals surface area contributed by atoms with Crippen LogP contribution in [0.4, 0.5) is 0 Å². The van der Waals surface area contributed by atoms with E-state index in [1.54, 1.807) is 0 Å². The molecule has 0 aliphatic carbocycles. The molecule has 0 bridgehead atoms. The average molecular weight is 285 g/mol. The van der Waals surface area contributed by atoms with Gasteiger partial charge >= 0.3 is 87.4 Å². The second-order valence-electron chi connectivity index (χ2n) is 0.0833. The van der Waals surface area contributed by atoms with Gasteiger partial charge in [-0.1, -0.05) is 0 Å². The van der Waals surface area contributed by atoms with Crippen LogP contribution in [0.2, 0.25) is 0 Å². The fourth-order valence-corrected chi connectivity index (χ4v) is 0. The molecule has 51 valence electrons. The molecule has 0 N–H and O–H groups in total. The van der Waals surface area contributed by atoms with Gasteiger partial charge < -0.3 is 0 Å². The zero-order valence-electron chi connectivity index (χ0n) is 4.26. The Hall–Kier alpha value is 1.39. The molecule has 5 nitrogen and oxygen atoms in total. The van der Waals surface area contributed by atoms with E-state index in [1.807, 2.05) is 0 Å². The van der Waals surface area contributed by atoms with Gasteiger partial charge in [0.05, 0.1) is 0 Å². The van der Waals surface area contributed by atoms with Crippen LogP contribution < -0.4 is 0 Å². The quantitative estimate of drug-likeness (QED) is 0.519. The summed E-state index contributed by atoms with van der Waals surface area (Å²) in [5.41, 5.74) is 0. The van der Waals surface area contributed by atoms with Crippen molar-refractivity contribution in [3.05, 3.63) is 0 Å². The van der Waals surface area contributed by atoms with Gasteiger partial charge in [0.1, 0.15) is 0 Å². The van der Waals surface area contributed by atoms with E-state index < -0.39 is 19.1 Å². The zero-order valence-corrected chi connectivity index (χ0v) is 11.1. The molecule has 0 fully saturated rings. The fourth-order valence-electron chi connectivity index (χ4n) is 0. The van der Waals surface area contributed by atoms with Gasteiger partial charge in [0.25, 0.3) is 0 Å². The molecule has 0 aromatic rings. The molecule has 0 radical (unpaired) electrons. The maximum atomic E-state index is 8.50. The van der Waals surface area contributed by atoms with Crippen molar-refractivity contribution in [3.8, 4) is 0 Å².